The fourth-order valence-electron chi connectivity index (χ4n) is 1.70. The van der Waals surface area contributed by atoms with Gasteiger partial charge in [-0.05, 0) is 13.0 Å². The van der Waals surface area contributed by atoms with E-state index in [0.717, 1.165) is 29.3 Å². The number of aldehydes is 1. The molecule has 0 amide bonds. The number of pyridine rings is 1. The minimum Gasteiger partial charge on any atom is -0.298 e. The number of hydrogen-bond donors (Lipinski definition) is 0. The minimum absolute atomic E-state index is 0.755. The lowest BCUT2D eigenvalue weighted by Crippen LogP contribution is -2.32. The summed E-state index contributed by atoms with van der Waals surface area (Å²) >= 11 is 0. The zero-order chi connectivity index (χ0) is 9.97. The molecule has 1 aromatic heterocycles. The van der Waals surface area contributed by atoms with E-state index in [1.165, 1.54) is 0 Å². The second kappa shape index (κ2) is 3.58. The molecule has 0 N–H and O–H groups in total. The fraction of sp³-hybridized carbons (Fsp3) is 0.167. The van der Waals surface area contributed by atoms with Crippen molar-refractivity contribution in [1.82, 2.24) is 0 Å². The molecule has 0 aliphatic heterocycles. The molecular formula is C12H12NO+. The Morgan fingerprint density at radius 2 is 2.14 bits per heavy atom. The lowest BCUT2D eigenvalue weighted by Gasteiger charge is -1.99. The average Bonchev–Trinajstić information content (AvgIpc) is 2.27. The molecule has 2 aromatic rings. The molecule has 70 valence electrons. The number of benzene rings is 1. The van der Waals surface area contributed by atoms with Gasteiger partial charge < -0.3 is 0 Å². The van der Waals surface area contributed by atoms with Crippen molar-refractivity contribution < 1.29 is 9.36 Å². The van der Waals surface area contributed by atoms with Crippen LogP contribution in [0.1, 0.15) is 17.3 Å². The molecule has 2 nitrogen and oxygen atoms in total. The van der Waals surface area contributed by atoms with E-state index < -0.39 is 0 Å². The zero-order valence-corrected chi connectivity index (χ0v) is 8.10. The molecule has 0 spiro atoms. The second-order valence-electron chi connectivity index (χ2n) is 3.19. The lowest BCUT2D eigenvalue weighted by molar-refractivity contribution is -0.667. The first kappa shape index (κ1) is 8.88. The van der Waals surface area contributed by atoms with Crippen LogP contribution < -0.4 is 4.57 Å². The molecule has 0 atom stereocenters. The normalized spacial score (nSPS) is 10.4. The van der Waals surface area contributed by atoms with Gasteiger partial charge >= 0.3 is 0 Å². The molecule has 2 rings (SSSR count). The van der Waals surface area contributed by atoms with Crippen molar-refractivity contribution in [3.05, 3.63) is 42.1 Å². The maximum absolute atomic E-state index is 10.8. The van der Waals surface area contributed by atoms with E-state index in [1.807, 2.05) is 36.5 Å². The fourth-order valence-corrected chi connectivity index (χ4v) is 1.70. The number of carbonyl (C=O) groups is 1. The predicted molar refractivity (Wildman–Crippen MR) is 55.2 cm³/mol. The van der Waals surface area contributed by atoms with Crippen molar-refractivity contribution in [2.45, 2.75) is 13.5 Å². The lowest BCUT2D eigenvalue weighted by atomic mass is 10.1. The summed E-state index contributed by atoms with van der Waals surface area (Å²) in [5, 5.41) is 1.02. The van der Waals surface area contributed by atoms with Crippen molar-refractivity contribution in [3.63, 3.8) is 0 Å². The Balaban J connectivity index is 2.84. The first-order chi connectivity index (χ1) is 6.86. The molecule has 1 aromatic carbocycles. The van der Waals surface area contributed by atoms with Crippen LogP contribution in [-0.4, -0.2) is 6.29 Å². The largest absolute Gasteiger partial charge is 0.298 e. The Morgan fingerprint density at radius 1 is 1.29 bits per heavy atom. The summed E-state index contributed by atoms with van der Waals surface area (Å²) in [6.07, 6.45) is 2.93. The third-order valence-corrected chi connectivity index (χ3v) is 2.42. The highest BCUT2D eigenvalue weighted by atomic mass is 16.1. The van der Waals surface area contributed by atoms with Gasteiger partial charge in [0.05, 0.1) is 5.39 Å². The summed E-state index contributed by atoms with van der Waals surface area (Å²) in [7, 11) is 0. The van der Waals surface area contributed by atoms with Crippen molar-refractivity contribution in [2.24, 2.45) is 0 Å². The molecule has 0 saturated heterocycles. The molecule has 2 heteroatoms. The number of hydrogen-bond acceptors (Lipinski definition) is 1. The Hall–Kier alpha value is -1.70. The number of aromatic nitrogens is 1. The number of rotatable bonds is 2. The van der Waals surface area contributed by atoms with Gasteiger partial charge in [-0.1, -0.05) is 12.1 Å². The molecule has 0 unspecified atom stereocenters. The van der Waals surface area contributed by atoms with E-state index in [2.05, 4.69) is 11.5 Å². The van der Waals surface area contributed by atoms with E-state index in [1.54, 1.807) is 0 Å². The molecular weight excluding hydrogens is 174 g/mol. The number of fused-ring (bicyclic) bond motifs is 1. The van der Waals surface area contributed by atoms with Crippen LogP contribution in [0.2, 0.25) is 0 Å². The summed E-state index contributed by atoms with van der Waals surface area (Å²) in [6, 6.07) is 9.74. The van der Waals surface area contributed by atoms with E-state index in [-0.39, 0.29) is 0 Å². The van der Waals surface area contributed by atoms with Crippen LogP contribution in [0.3, 0.4) is 0 Å². The van der Waals surface area contributed by atoms with Gasteiger partial charge in [0, 0.05) is 17.7 Å². The second-order valence-corrected chi connectivity index (χ2v) is 3.19. The maximum Gasteiger partial charge on any atom is 0.213 e. The summed E-state index contributed by atoms with van der Waals surface area (Å²) < 4.78 is 2.13. The molecule has 1 heterocycles. The summed E-state index contributed by atoms with van der Waals surface area (Å²) in [6.45, 7) is 3.01. The number of carbonyl (C=O) groups excluding carboxylic acids is 1. The van der Waals surface area contributed by atoms with Crippen LogP contribution in [0.15, 0.2) is 36.5 Å². The molecule has 0 fully saturated rings. The van der Waals surface area contributed by atoms with E-state index in [0.29, 0.717) is 0 Å². The summed E-state index contributed by atoms with van der Waals surface area (Å²) in [5.41, 5.74) is 1.87. The highest BCUT2D eigenvalue weighted by Crippen LogP contribution is 2.13. The van der Waals surface area contributed by atoms with Gasteiger partial charge in [0.2, 0.25) is 5.52 Å². The quantitative estimate of drug-likeness (QED) is 0.519. The minimum atomic E-state index is 0.755. The Labute approximate surface area is 82.8 Å². The zero-order valence-electron chi connectivity index (χ0n) is 8.10. The maximum atomic E-state index is 10.8. The first-order valence-electron chi connectivity index (χ1n) is 4.73. The van der Waals surface area contributed by atoms with E-state index >= 15 is 0 Å². The predicted octanol–water partition coefficient (Wildman–Crippen LogP) is 1.96. The molecule has 0 radical (unpaired) electrons. The van der Waals surface area contributed by atoms with Crippen molar-refractivity contribution >= 4 is 17.2 Å². The molecule has 0 bridgehead atoms. The van der Waals surface area contributed by atoms with Gasteiger partial charge in [0.1, 0.15) is 6.54 Å². The Kier molecular flexibility index (Phi) is 2.27. The van der Waals surface area contributed by atoms with Crippen molar-refractivity contribution in [2.75, 3.05) is 0 Å². The molecule has 0 saturated carbocycles. The van der Waals surface area contributed by atoms with Crippen LogP contribution in [0.25, 0.3) is 10.9 Å². The van der Waals surface area contributed by atoms with Crippen molar-refractivity contribution in [1.29, 1.82) is 0 Å². The van der Waals surface area contributed by atoms with Gasteiger partial charge in [0.15, 0.2) is 12.5 Å². The van der Waals surface area contributed by atoms with Gasteiger partial charge in [-0.25, -0.2) is 0 Å². The first-order valence-corrected chi connectivity index (χ1v) is 4.73. The van der Waals surface area contributed by atoms with Crippen LogP contribution in [-0.2, 0) is 6.54 Å². The number of aryl methyl sites for hydroxylation is 1. The van der Waals surface area contributed by atoms with Crippen molar-refractivity contribution in [3.8, 4) is 0 Å². The molecule has 14 heavy (non-hydrogen) atoms. The van der Waals surface area contributed by atoms with Gasteiger partial charge in [-0.2, -0.15) is 4.57 Å². The topological polar surface area (TPSA) is 20.9 Å². The van der Waals surface area contributed by atoms with E-state index in [9.17, 15) is 4.79 Å². The van der Waals surface area contributed by atoms with Crippen LogP contribution in [0, 0.1) is 0 Å². The highest BCUT2D eigenvalue weighted by Gasteiger charge is 2.08. The van der Waals surface area contributed by atoms with Gasteiger partial charge in [0.25, 0.3) is 0 Å². The highest BCUT2D eigenvalue weighted by molar-refractivity contribution is 5.94. The van der Waals surface area contributed by atoms with Gasteiger partial charge in [-0.15, -0.1) is 0 Å². The molecule has 0 aliphatic rings. The third-order valence-electron chi connectivity index (χ3n) is 2.42. The Bertz CT molecular complexity index is 477. The molecule has 0 aliphatic carbocycles. The van der Waals surface area contributed by atoms with Crippen LogP contribution in [0.4, 0.5) is 0 Å². The average molecular weight is 186 g/mol. The monoisotopic (exact) mass is 186 g/mol. The number of nitrogens with zero attached hydrogens (tertiary/aromatic N) is 1. The van der Waals surface area contributed by atoms with Crippen LogP contribution >= 0.6 is 0 Å². The van der Waals surface area contributed by atoms with E-state index in [4.69, 9.17) is 0 Å². The third kappa shape index (κ3) is 1.29. The summed E-state index contributed by atoms with van der Waals surface area (Å²) in [5.74, 6) is 0. The summed E-state index contributed by atoms with van der Waals surface area (Å²) in [4.78, 5) is 10.8. The van der Waals surface area contributed by atoms with Gasteiger partial charge in [-0.3, -0.25) is 4.79 Å². The smallest absolute Gasteiger partial charge is 0.213 e. The Morgan fingerprint density at radius 3 is 2.86 bits per heavy atom. The SMILES string of the molecule is CC[n+]1cccc2c(C=O)cccc21. The standard InChI is InChI=1S/C12H12NO/c1-2-13-8-4-6-11-10(9-14)5-3-7-12(11)13/h3-9H,2H2,1H3/q+1. The van der Waals surface area contributed by atoms with Crippen LogP contribution in [0.5, 0.6) is 0 Å².